The minimum absolute atomic E-state index is 0.0260. The number of ether oxygens (including phenoxy) is 1. The molecule has 3 rings (SSSR count). The van der Waals surface area contributed by atoms with E-state index in [9.17, 15) is 9.90 Å². The number of carbonyl (C=O) groups excluding carboxylic acids is 1. The highest BCUT2D eigenvalue weighted by Crippen LogP contribution is 2.26. The van der Waals surface area contributed by atoms with Crippen LogP contribution in [0.25, 0.3) is 6.08 Å². The molecule has 142 valence electrons. The lowest BCUT2D eigenvalue weighted by Gasteiger charge is -2.09. The van der Waals surface area contributed by atoms with Crippen LogP contribution in [0.3, 0.4) is 0 Å². The van der Waals surface area contributed by atoms with Crippen LogP contribution < -0.4 is 15.4 Å². The van der Waals surface area contributed by atoms with Gasteiger partial charge in [0.2, 0.25) is 5.91 Å². The van der Waals surface area contributed by atoms with Crippen molar-refractivity contribution in [3.63, 3.8) is 0 Å². The fourth-order valence-electron chi connectivity index (χ4n) is 2.58. The molecule has 6 nitrogen and oxygen atoms in total. The van der Waals surface area contributed by atoms with E-state index in [1.165, 1.54) is 19.3 Å². The number of nitrogens with one attached hydrogen (secondary N) is 2. The van der Waals surface area contributed by atoms with Crippen molar-refractivity contribution in [1.29, 1.82) is 0 Å². The van der Waals surface area contributed by atoms with Crippen molar-refractivity contribution in [3.05, 3.63) is 84.2 Å². The van der Waals surface area contributed by atoms with Gasteiger partial charge in [-0.2, -0.15) is 0 Å². The normalized spacial score (nSPS) is 10.6. The van der Waals surface area contributed by atoms with Crippen molar-refractivity contribution in [2.75, 3.05) is 17.7 Å². The Morgan fingerprint density at radius 1 is 1.11 bits per heavy atom. The monoisotopic (exact) mass is 375 g/mol. The Labute approximate surface area is 163 Å². The van der Waals surface area contributed by atoms with Crippen molar-refractivity contribution in [1.82, 2.24) is 4.98 Å². The van der Waals surface area contributed by atoms with Crippen molar-refractivity contribution in [3.8, 4) is 11.5 Å². The maximum atomic E-state index is 12.2. The van der Waals surface area contributed by atoms with Gasteiger partial charge in [-0.25, -0.2) is 0 Å². The number of anilines is 2. The van der Waals surface area contributed by atoms with Crippen LogP contribution in [0.4, 0.5) is 11.4 Å². The van der Waals surface area contributed by atoms with Gasteiger partial charge in [0.05, 0.1) is 7.11 Å². The fraction of sp³-hybridized carbons (Fsp3) is 0.0909. The van der Waals surface area contributed by atoms with Crippen LogP contribution in [0.15, 0.2) is 73.1 Å². The molecule has 1 aromatic heterocycles. The first-order valence-corrected chi connectivity index (χ1v) is 8.73. The smallest absolute Gasteiger partial charge is 0.248 e. The number of rotatable bonds is 7. The number of methoxy groups -OCH3 is 1. The number of phenolic OH excluding ortho intramolecular Hbond substituents is 1. The van der Waals surface area contributed by atoms with Gasteiger partial charge in [-0.05, 0) is 59.7 Å². The van der Waals surface area contributed by atoms with Crippen LogP contribution in [-0.4, -0.2) is 23.1 Å². The Morgan fingerprint density at radius 2 is 1.89 bits per heavy atom. The van der Waals surface area contributed by atoms with E-state index in [0.717, 1.165) is 11.3 Å². The summed E-state index contributed by atoms with van der Waals surface area (Å²) in [6.45, 7) is 0.667. The average Bonchev–Trinajstić information content (AvgIpc) is 2.72. The Bertz CT molecular complexity index is 972. The predicted molar refractivity (Wildman–Crippen MR) is 110 cm³/mol. The van der Waals surface area contributed by atoms with E-state index in [4.69, 9.17) is 4.74 Å². The molecule has 0 aliphatic rings. The van der Waals surface area contributed by atoms with Crippen LogP contribution >= 0.6 is 0 Å². The predicted octanol–water partition coefficient (Wildman–Crippen LogP) is 4.06. The number of hydrogen-bond donors (Lipinski definition) is 3. The van der Waals surface area contributed by atoms with Gasteiger partial charge < -0.3 is 20.5 Å². The highest BCUT2D eigenvalue weighted by Gasteiger charge is 2.02. The molecule has 0 fully saturated rings. The van der Waals surface area contributed by atoms with Crippen molar-refractivity contribution < 1.29 is 14.6 Å². The zero-order valence-corrected chi connectivity index (χ0v) is 15.4. The van der Waals surface area contributed by atoms with Crippen molar-refractivity contribution in [2.24, 2.45) is 0 Å². The standard InChI is InChI=1S/C22H21N3O3/c1-28-21-7-5-16(13-20(21)26)6-8-22(27)25-19-4-2-3-18(14-19)24-15-17-9-11-23-12-10-17/h2-14,24,26H,15H2,1H3,(H,25,27). The highest BCUT2D eigenvalue weighted by atomic mass is 16.5. The summed E-state index contributed by atoms with van der Waals surface area (Å²) in [6, 6.07) is 16.3. The van der Waals surface area contributed by atoms with Gasteiger partial charge in [0.15, 0.2) is 11.5 Å². The summed E-state index contributed by atoms with van der Waals surface area (Å²) < 4.78 is 5.00. The van der Waals surface area contributed by atoms with Crippen molar-refractivity contribution in [2.45, 2.75) is 6.54 Å². The summed E-state index contributed by atoms with van der Waals surface area (Å²) in [7, 11) is 1.48. The largest absolute Gasteiger partial charge is 0.504 e. The Morgan fingerprint density at radius 3 is 2.64 bits per heavy atom. The van der Waals surface area contributed by atoms with Crippen LogP contribution in [0.1, 0.15) is 11.1 Å². The molecule has 3 N–H and O–H groups in total. The third kappa shape index (κ3) is 5.35. The van der Waals surface area contributed by atoms with E-state index in [1.807, 2.05) is 36.4 Å². The maximum absolute atomic E-state index is 12.2. The number of amides is 1. The van der Waals surface area contributed by atoms with Gasteiger partial charge in [0.1, 0.15) is 0 Å². The quantitative estimate of drug-likeness (QED) is 0.543. The first-order valence-electron chi connectivity index (χ1n) is 8.73. The molecule has 0 unspecified atom stereocenters. The Hall–Kier alpha value is -3.80. The first-order chi connectivity index (χ1) is 13.6. The maximum Gasteiger partial charge on any atom is 0.248 e. The number of hydrogen-bond acceptors (Lipinski definition) is 5. The van der Waals surface area contributed by atoms with Crippen molar-refractivity contribution >= 4 is 23.4 Å². The second-order valence-corrected chi connectivity index (χ2v) is 6.04. The summed E-state index contributed by atoms with van der Waals surface area (Å²) in [5.74, 6) is 0.150. The van der Waals surface area contributed by atoms with Crippen LogP contribution in [-0.2, 0) is 11.3 Å². The number of aromatic nitrogens is 1. The molecule has 1 heterocycles. The number of pyridine rings is 1. The van der Waals surface area contributed by atoms with E-state index >= 15 is 0 Å². The second kappa shape index (κ2) is 9.23. The lowest BCUT2D eigenvalue weighted by Crippen LogP contribution is -2.08. The molecule has 0 spiro atoms. The number of aromatic hydroxyl groups is 1. The molecule has 6 heteroatoms. The molecule has 0 aliphatic heterocycles. The summed E-state index contributed by atoms with van der Waals surface area (Å²) in [4.78, 5) is 16.2. The first kappa shape index (κ1) is 19.0. The molecule has 2 aromatic carbocycles. The molecule has 0 atom stereocenters. The fourth-order valence-corrected chi connectivity index (χ4v) is 2.58. The van der Waals surface area contributed by atoms with E-state index < -0.39 is 0 Å². The zero-order valence-electron chi connectivity index (χ0n) is 15.4. The van der Waals surface area contributed by atoms with Gasteiger partial charge in [-0.15, -0.1) is 0 Å². The number of nitrogens with zero attached hydrogens (tertiary/aromatic N) is 1. The van der Waals surface area contributed by atoms with Gasteiger partial charge in [0, 0.05) is 36.4 Å². The van der Waals surface area contributed by atoms with Gasteiger partial charge >= 0.3 is 0 Å². The minimum Gasteiger partial charge on any atom is -0.504 e. The molecule has 0 saturated carbocycles. The molecule has 1 amide bonds. The zero-order chi connectivity index (χ0) is 19.8. The van der Waals surface area contributed by atoms with Crippen LogP contribution in [0, 0.1) is 0 Å². The third-order valence-electron chi connectivity index (χ3n) is 4.01. The third-order valence-corrected chi connectivity index (χ3v) is 4.01. The summed E-state index contributed by atoms with van der Waals surface area (Å²) in [5, 5.41) is 15.9. The van der Waals surface area contributed by atoms with E-state index in [-0.39, 0.29) is 11.7 Å². The lowest BCUT2D eigenvalue weighted by molar-refractivity contribution is -0.111. The summed E-state index contributed by atoms with van der Waals surface area (Å²) >= 11 is 0. The molecule has 28 heavy (non-hydrogen) atoms. The molecular formula is C22H21N3O3. The second-order valence-electron chi connectivity index (χ2n) is 6.04. The van der Waals surface area contributed by atoms with Crippen LogP contribution in [0.5, 0.6) is 11.5 Å². The Balaban J connectivity index is 1.58. The molecule has 0 radical (unpaired) electrons. The van der Waals surface area contributed by atoms with Crippen LogP contribution in [0.2, 0.25) is 0 Å². The topological polar surface area (TPSA) is 83.5 Å². The summed E-state index contributed by atoms with van der Waals surface area (Å²) in [6.07, 6.45) is 6.55. The molecule has 0 aliphatic carbocycles. The van der Waals surface area contributed by atoms with Gasteiger partial charge in [-0.1, -0.05) is 12.1 Å². The SMILES string of the molecule is COc1ccc(C=CC(=O)Nc2cccc(NCc3ccncc3)c2)cc1O. The van der Waals surface area contributed by atoms with Gasteiger partial charge in [-0.3, -0.25) is 9.78 Å². The highest BCUT2D eigenvalue weighted by molar-refractivity contribution is 6.02. The number of carbonyl (C=O) groups is 1. The summed E-state index contributed by atoms with van der Waals surface area (Å²) in [5.41, 5.74) is 3.40. The van der Waals surface area contributed by atoms with E-state index in [2.05, 4.69) is 15.6 Å². The Kier molecular flexibility index (Phi) is 6.25. The molecular weight excluding hydrogens is 354 g/mol. The van der Waals surface area contributed by atoms with E-state index in [0.29, 0.717) is 23.5 Å². The number of benzene rings is 2. The average molecular weight is 375 g/mol. The lowest BCUT2D eigenvalue weighted by atomic mass is 10.2. The van der Waals surface area contributed by atoms with E-state index in [1.54, 1.807) is 30.6 Å². The molecule has 0 saturated heterocycles. The van der Waals surface area contributed by atoms with Gasteiger partial charge in [0.25, 0.3) is 0 Å². The minimum atomic E-state index is -0.262. The molecule has 0 bridgehead atoms. The number of phenols is 1. The molecule has 3 aromatic rings.